The van der Waals surface area contributed by atoms with Gasteiger partial charge in [0.05, 0.1) is 31.0 Å². The summed E-state index contributed by atoms with van der Waals surface area (Å²) in [4.78, 5) is 19.2. The van der Waals surface area contributed by atoms with Gasteiger partial charge >= 0.3 is 0 Å². The monoisotopic (exact) mass is 418 g/mol. The van der Waals surface area contributed by atoms with Crippen molar-refractivity contribution in [2.75, 3.05) is 7.11 Å². The highest BCUT2D eigenvalue weighted by Crippen LogP contribution is 2.33. The number of para-hydroxylation sites is 1. The molecule has 150 valence electrons. The Labute approximate surface area is 177 Å². The van der Waals surface area contributed by atoms with Crippen molar-refractivity contribution in [3.05, 3.63) is 89.0 Å². The Bertz CT molecular complexity index is 1110. The molecule has 7 nitrogen and oxygen atoms in total. The number of rotatable bonds is 6. The third-order valence-corrected chi connectivity index (χ3v) is 5.24. The number of thioether (sulfide) groups is 1. The van der Waals surface area contributed by atoms with Crippen molar-refractivity contribution in [3.63, 3.8) is 0 Å². The summed E-state index contributed by atoms with van der Waals surface area (Å²) in [7, 11) is 1.60. The first kappa shape index (κ1) is 19.7. The lowest BCUT2D eigenvalue weighted by Gasteiger charge is -2.12. The Hall–Kier alpha value is -3.65. The summed E-state index contributed by atoms with van der Waals surface area (Å²) >= 11 is 1.26. The average Bonchev–Trinajstić information content (AvgIpc) is 3.39. The molecule has 4 rings (SSSR count). The maximum atomic E-state index is 13.0. The summed E-state index contributed by atoms with van der Waals surface area (Å²) in [6.07, 6.45) is 8.36. The van der Waals surface area contributed by atoms with Crippen LogP contribution in [0.15, 0.2) is 86.7 Å². The molecule has 30 heavy (non-hydrogen) atoms. The number of carbonyl (C=O) groups excluding carboxylic acids is 1. The van der Waals surface area contributed by atoms with Crippen molar-refractivity contribution in [2.45, 2.75) is 6.54 Å². The molecule has 0 bridgehead atoms. The number of amides is 1. The third kappa shape index (κ3) is 4.49. The zero-order valence-corrected chi connectivity index (χ0v) is 17.0. The van der Waals surface area contributed by atoms with Gasteiger partial charge in [-0.2, -0.15) is 5.10 Å². The first-order chi connectivity index (χ1) is 14.7. The minimum Gasteiger partial charge on any atom is -0.496 e. The lowest BCUT2D eigenvalue weighted by molar-refractivity contribution is -0.122. The second-order valence-electron chi connectivity index (χ2n) is 6.24. The van der Waals surface area contributed by atoms with Gasteiger partial charge in [-0.3, -0.25) is 14.7 Å². The van der Waals surface area contributed by atoms with Crippen LogP contribution in [-0.4, -0.2) is 34.3 Å². The first-order valence-corrected chi connectivity index (χ1v) is 9.94. The number of carbonyl (C=O) groups is 1. The van der Waals surface area contributed by atoms with Crippen molar-refractivity contribution >= 4 is 35.1 Å². The second kappa shape index (κ2) is 9.23. The summed E-state index contributed by atoms with van der Waals surface area (Å²) in [5.74, 6) is 1.20. The number of furan rings is 1. The van der Waals surface area contributed by atoms with Gasteiger partial charge in [0.25, 0.3) is 5.91 Å². The van der Waals surface area contributed by atoms with Gasteiger partial charge < -0.3 is 9.15 Å². The Morgan fingerprint density at radius 3 is 2.87 bits per heavy atom. The molecule has 3 heterocycles. The molecule has 1 amide bonds. The molecule has 1 aromatic carbocycles. The number of pyridine rings is 1. The van der Waals surface area contributed by atoms with E-state index in [1.807, 2.05) is 42.5 Å². The van der Waals surface area contributed by atoms with Gasteiger partial charge in [-0.15, -0.1) is 5.10 Å². The van der Waals surface area contributed by atoms with Crippen LogP contribution < -0.4 is 4.74 Å². The van der Waals surface area contributed by atoms with E-state index in [0.29, 0.717) is 21.6 Å². The van der Waals surface area contributed by atoms with E-state index in [1.165, 1.54) is 11.8 Å². The Balaban J connectivity index is 1.62. The lowest BCUT2D eigenvalue weighted by atomic mass is 10.2. The summed E-state index contributed by atoms with van der Waals surface area (Å²) in [6.45, 7) is 0.270. The minimum absolute atomic E-state index is 0.161. The van der Waals surface area contributed by atoms with E-state index < -0.39 is 0 Å². The van der Waals surface area contributed by atoms with Crippen LogP contribution in [0.5, 0.6) is 5.75 Å². The predicted molar refractivity (Wildman–Crippen MR) is 117 cm³/mol. The highest BCUT2D eigenvalue weighted by atomic mass is 32.2. The smallest absolute Gasteiger partial charge is 0.267 e. The summed E-state index contributed by atoms with van der Waals surface area (Å²) in [5.41, 5.74) is 1.63. The zero-order valence-electron chi connectivity index (χ0n) is 16.1. The van der Waals surface area contributed by atoms with Crippen LogP contribution in [0.4, 0.5) is 0 Å². The number of benzene rings is 1. The molecule has 0 N–H and O–H groups in total. The minimum atomic E-state index is -0.161. The summed E-state index contributed by atoms with van der Waals surface area (Å²) in [6, 6.07) is 14.8. The van der Waals surface area contributed by atoms with Crippen molar-refractivity contribution in [3.8, 4) is 5.75 Å². The fourth-order valence-electron chi connectivity index (χ4n) is 2.81. The second-order valence-corrected chi connectivity index (χ2v) is 7.25. The molecule has 1 aliphatic heterocycles. The largest absolute Gasteiger partial charge is 0.496 e. The molecule has 1 saturated heterocycles. The zero-order chi connectivity index (χ0) is 20.8. The van der Waals surface area contributed by atoms with Crippen molar-refractivity contribution < 1.29 is 13.9 Å². The third-order valence-electron chi connectivity index (χ3n) is 4.24. The molecular weight excluding hydrogens is 400 g/mol. The average molecular weight is 418 g/mol. The molecule has 0 spiro atoms. The van der Waals surface area contributed by atoms with E-state index in [-0.39, 0.29) is 12.5 Å². The van der Waals surface area contributed by atoms with Gasteiger partial charge in [0.15, 0.2) is 5.17 Å². The molecule has 1 fully saturated rings. The van der Waals surface area contributed by atoms with Gasteiger partial charge in [-0.25, -0.2) is 0 Å². The van der Waals surface area contributed by atoms with Gasteiger partial charge in [0.2, 0.25) is 0 Å². The number of hydrogen-bond donors (Lipinski definition) is 0. The van der Waals surface area contributed by atoms with Crippen molar-refractivity contribution in [1.82, 2.24) is 9.88 Å². The van der Waals surface area contributed by atoms with Crippen LogP contribution in [-0.2, 0) is 11.3 Å². The maximum Gasteiger partial charge on any atom is 0.267 e. The number of amidine groups is 1. The molecule has 2 aromatic heterocycles. The summed E-state index contributed by atoms with van der Waals surface area (Å²) < 4.78 is 10.7. The maximum absolute atomic E-state index is 13.0. The van der Waals surface area contributed by atoms with E-state index >= 15 is 0 Å². The predicted octanol–water partition coefficient (Wildman–Crippen LogP) is 4.19. The quantitative estimate of drug-likeness (QED) is 0.341. The molecular formula is C22H18N4O3S. The van der Waals surface area contributed by atoms with Crippen molar-refractivity contribution in [2.24, 2.45) is 10.2 Å². The van der Waals surface area contributed by atoms with E-state index in [4.69, 9.17) is 9.15 Å². The number of methoxy groups -OCH3 is 1. The SMILES string of the molecule is COc1ccccc1/C=N/N=C1\S/C(=C\c2cccnc2)C(=O)N1Cc1ccco1. The highest BCUT2D eigenvalue weighted by molar-refractivity contribution is 8.18. The van der Waals surface area contributed by atoms with Crippen LogP contribution >= 0.6 is 11.8 Å². The molecule has 1 aliphatic rings. The molecule has 0 radical (unpaired) electrons. The van der Waals surface area contributed by atoms with Gasteiger partial charge in [0.1, 0.15) is 11.5 Å². The number of hydrogen-bond acceptors (Lipinski definition) is 7. The van der Waals surface area contributed by atoms with E-state index in [9.17, 15) is 4.79 Å². The van der Waals surface area contributed by atoms with Crippen LogP contribution in [0.25, 0.3) is 6.08 Å². The summed E-state index contributed by atoms with van der Waals surface area (Å²) in [5, 5.41) is 8.95. The normalized spacial score (nSPS) is 16.8. The van der Waals surface area contributed by atoms with Crippen LogP contribution in [0.2, 0.25) is 0 Å². The van der Waals surface area contributed by atoms with Crippen molar-refractivity contribution in [1.29, 1.82) is 0 Å². The Morgan fingerprint density at radius 1 is 1.20 bits per heavy atom. The fraction of sp³-hybridized carbons (Fsp3) is 0.0909. The molecule has 0 aliphatic carbocycles. The van der Waals surface area contributed by atoms with E-state index in [2.05, 4.69) is 15.2 Å². The molecule has 0 atom stereocenters. The number of ether oxygens (including phenoxy) is 1. The van der Waals surface area contributed by atoms with Gasteiger partial charge in [-0.05, 0) is 53.7 Å². The topological polar surface area (TPSA) is 80.3 Å². The van der Waals surface area contributed by atoms with E-state index in [1.54, 1.807) is 49.0 Å². The molecule has 3 aromatic rings. The van der Waals surface area contributed by atoms with Crippen LogP contribution in [0.3, 0.4) is 0 Å². The van der Waals surface area contributed by atoms with Gasteiger partial charge in [-0.1, -0.05) is 18.2 Å². The number of nitrogens with zero attached hydrogens (tertiary/aromatic N) is 4. The standard InChI is InChI=1S/C22H18N4O3S/c1-28-19-9-3-2-7-17(19)14-24-25-22-26(15-18-8-5-11-29-18)21(27)20(30-22)12-16-6-4-10-23-13-16/h2-14H,15H2,1H3/b20-12-,24-14+,25-22-. The highest BCUT2D eigenvalue weighted by Gasteiger charge is 2.34. The fourth-order valence-corrected chi connectivity index (χ4v) is 3.74. The Kier molecular flexibility index (Phi) is 6.05. The van der Waals surface area contributed by atoms with Gasteiger partial charge in [0, 0.05) is 18.0 Å². The first-order valence-electron chi connectivity index (χ1n) is 9.12. The van der Waals surface area contributed by atoms with Crippen LogP contribution in [0, 0.1) is 0 Å². The lowest BCUT2D eigenvalue weighted by Crippen LogP contribution is -2.28. The number of aromatic nitrogens is 1. The van der Waals surface area contributed by atoms with E-state index in [0.717, 1.165) is 11.1 Å². The molecule has 0 unspecified atom stereocenters. The molecule has 8 heteroatoms. The molecule has 0 saturated carbocycles. The Morgan fingerprint density at radius 2 is 2.10 bits per heavy atom. The van der Waals surface area contributed by atoms with Crippen LogP contribution in [0.1, 0.15) is 16.9 Å².